The van der Waals surface area contributed by atoms with Gasteiger partial charge in [-0.05, 0) is 31.5 Å². The summed E-state index contributed by atoms with van der Waals surface area (Å²) in [6.45, 7) is 6.88. The number of rotatable bonds is 4. The Morgan fingerprint density at radius 2 is 1.90 bits per heavy atom. The molecule has 1 aliphatic heterocycles. The van der Waals surface area contributed by atoms with E-state index in [0.717, 1.165) is 24.0 Å². The van der Waals surface area contributed by atoms with Gasteiger partial charge < -0.3 is 0 Å². The normalized spacial score (nSPS) is 19.6. The largest absolute Gasteiger partial charge is 0.298 e. The number of hydrogen-bond acceptors (Lipinski definition) is 3. The molecule has 0 spiro atoms. The number of nitrogens with zero attached hydrogens (tertiary/aromatic N) is 2. The molecule has 1 saturated heterocycles. The van der Waals surface area contributed by atoms with Crippen molar-refractivity contribution in [1.82, 2.24) is 9.21 Å². The van der Waals surface area contributed by atoms with Crippen molar-refractivity contribution in [3.63, 3.8) is 0 Å². The molecule has 0 amide bonds. The number of hydrogen-bond donors (Lipinski definition) is 0. The Morgan fingerprint density at radius 1 is 1.29 bits per heavy atom. The van der Waals surface area contributed by atoms with Crippen molar-refractivity contribution in [3.8, 4) is 0 Å². The molecule has 0 N–H and O–H groups in total. The second kappa shape index (κ2) is 6.96. The summed E-state index contributed by atoms with van der Waals surface area (Å²) in [5, 5.41) is 0.258. The van der Waals surface area contributed by atoms with Crippen molar-refractivity contribution >= 4 is 37.6 Å². The van der Waals surface area contributed by atoms with Gasteiger partial charge in [-0.2, -0.15) is 4.31 Å². The molecule has 0 aromatic heterocycles. The van der Waals surface area contributed by atoms with E-state index in [-0.39, 0.29) is 9.92 Å². The first kappa shape index (κ1) is 17.2. The first-order chi connectivity index (χ1) is 9.86. The van der Waals surface area contributed by atoms with Crippen LogP contribution in [0.15, 0.2) is 27.6 Å². The Bertz CT molecular complexity index is 601. The molecule has 4 nitrogen and oxygen atoms in total. The Hall–Kier alpha value is -0.140. The van der Waals surface area contributed by atoms with Gasteiger partial charge in [0.1, 0.15) is 4.90 Å². The number of halogens is 2. The Balaban J connectivity index is 2.15. The minimum Gasteiger partial charge on any atom is -0.298 e. The molecule has 1 fully saturated rings. The monoisotopic (exact) mass is 394 g/mol. The summed E-state index contributed by atoms with van der Waals surface area (Å²) in [6, 6.07) is 5.37. The summed E-state index contributed by atoms with van der Waals surface area (Å²) in [7, 11) is -3.51. The maximum atomic E-state index is 12.7. The topological polar surface area (TPSA) is 40.6 Å². The Labute approximate surface area is 140 Å². The smallest absolute Gasteiger partial charge is 0.244 e. The van der Waals surface area contributed by atoms with E-state index in [1.54, 1.807) is 18.2 Å². The van der Waals surface area contributed by atoms with E-state index in [9.17, 15) is 8.42 Å². The highest BCUT2D eigenvalue weighted by Crippen LogP contribution is 2.28. The molecule has 1 heterocycles. The van der Waals surface area contributed by atoms with Crippen LogP contribution in [0.3, 0.4) is 0 Å². The van der Waals surface area contributed by atoms with Crippen molar-refractivity contribution in [1.29, 1.82) is 0 Å². The molecular formula is C14H20BrClN2O2S. The summed E-state index contributed by atoms with van der Waals surface area (Å²) in [5.41, 5.74) is 0. The van der Waals surface area contributed by atoms with Gasteiger partial charge in [0.2, 0.25) is 10.0 Å². The molecule has 0 radical (unpaired) electrons. The molecule has 1 atom stereocenters. The van der Waals surface area contributed by atoms with Gasteiger partial charge in [-0.15, -0.1) is 0 Å². The molecule has 1 aliphatic rings. The highest BCUT2D eigenvalue weighted by Gasteiger charge is 2.30. The van der Waals surface area contributed by atoms with Crippen LogP contribution in [0.4, 0.5) is 0 Å². The van der Waals surface area contributed by atoms with Crippen LogP contribution in [-0.2, 0) is 10.0 Å². The molecule has 2 rings (SSSR count). The van der Waals surface area contributed by atoms with Crippen LogP contribution in [0.5, 0.6) is 0 Å². The highest BCUT2D eigenvalue weighted by atomic mass is 79.9. The average molecular weight is 396 g/mol. The molecule has 0 saturated carbocycles. The van der Waals surface area contributed by atoms with E-state index in [0.29, 0.717) is 19.1 Å². The van der Waals surface area contributed by atoms with Gasteiger partial charge in [0.25, 0.3) is 0 Å². The standard InChI is InChI=1S/C14H20BrClN2O2S/c1-3-11(2)17-6-8-18(9-7-17)21(19,20)14-5-4-12(15)10-13(14)16/h4-5,10-11H,3,6-9H2,1-2H3. The third-order valence-corrected chi connectivity index (χ3v) is 6.87. The van der Waals surface area contributed by atoms with Crippen LogP contribution in [-0.4, -0.2) is 49.8 Å². The van der Waals surface area contributed by atoms with Gasteiger partial charge in [-0.25, -0.2) is 8.42 Å². The zero-order valence-electron chi connectivity index (χ0n) is 12.2. The third-order valence-electron chi connectivity index (χ3n) is 4.00. The quantitative estimate of drug-likeness (QED) is 0.786. The number of sulfonamides is 1. The predicted molar refractivity (Wildman–Crippen MR) is 89.2 cm³/mol. The molecule has 0 aliphatic carbocycles. The van der Waals surface area contributed by atoms with E-state index in [2.05, 4.69) is 34.7 Å². The van der Waals surface area contributed by atoms with Crippen molar-refractivity contribution in [2.24, 2.45) is 0 Å². The van der Waals surface area contributed by atoms with Gasteiger partial charge >= 0.3 is 0 Å². The van der Waals surface area contributed by atoms with Crippen molar-refractivity contribution < 1.29 is 8.42 Å². The van der Waals surface area contributed by atoms with E-state index in [1.165, 1.54) is 4.31 Å². The van der Waals surface area contributed by atoms with Gasteiger partial charge in [-0.3, -0.25) is 4.90 Å². The van der Waals surface area contributed by atoms with Crippen LogP contribution in [0.25, 0.3) is 0 Å². The van der Waals surface area contributed by atoms with E-state index in [4.69, 9.17) is 11.6 Å². The molecular weight excluding hydrogens is 376 g/mol. The maximum Gasteiger partial charge on any atom is 0.244 e. The minimum absolute atomic E-state index is 0.185. The van der Waals surface area contributed by atoms with Gasteiger partial charge in [0, 0.05) is 36.7 Å². The molecule has 0 bridgehead atoms. The fourth-order valence-corrected chi connectivity index (χ4v) is 4.90. The lowest BCUT2D eigenvalue weighted by atomic mass is 10.2. The molecule has 1 unspecified atom stereocenters. The number of benzene rings is 1. The number of piperazine rings is 1. The predicted octanol–water partition coefficient (Wildman–Crippen LogP) is 3.21. The van der Waals surface area contributed by atoms with Gasteiger partial charge in [-0.1, -0.05) is 34.5 Å². The van der Waals surface area contributed by atoms with Gasteiger partial charge in [0.05, 0.1) is 5.02 Å². The Morgan fingerprint density at radius 3 is 2.43 bits per heavy atom. The lowest BCUT2D eigenvalue weighted by Crippen LogP contribution is -2.51. The zero-order chi connectivity index (χ0) is 15.6. The zero-order valence-corrected chi connectivity index (χ0v) is 15.4. The maximum absolute atomic E-state index is 12.7. The summed E-state index contributed by atoms with van der Waals surface area (Å²) >= 11 is 9.38. The SMILES string of the molecule is CCC(C)N1CCN(S(=O)(=O)c2ccc(Br)cc2Cl)CC1. The van der Waals surface area contributed by atoms with Crippen LogP contribution < -0.4 is 0 Å². The molecule has 118 valence electrons. The van der Waals surface area contributed by atoms with E-state index >= 15 is 0 Å². The molecule has 21 heavy (non-hydrogen) atoms. The van der Waals surface area contributed by atoms with Crippen LogP contribution in [0.2, 0.25) is 5.02 Å². The fraction of sp³-hybridized carbons (Fsp3) is 0.571. The highest BCUT2D eigenvalue weighted by molar-refractivity contribution is 9.10. The van der Waals surface area contributed by atoms with Gasteiger partial charge in [0.15, 0.2) is 0 Å². The summed E-state index contributed by atoms with van der Waals surface area (Å²) in [6.07, 6.45) is 1.07. The van der Waals surface area contributed by atoms with Crippen molar-refractivity contribution in [3.05, 3.63) is 27.7 Å². The lowest BCUT2D eigenvalue weighted by molar-refractivity contribution is 0.142. The minimum atomic E-state index is -3.51. The van der Waals surface area contributed by atoms with Crippen molar-refractivity contribution in [2.45, 2.75) is 31.2 Å². The second-order valence-corrected chi connectivity index (χ2v) is 8.50. The average Bonchev–Trinajstić information content (AvgIpc) is 2.46. The lowest BCUT2D eigenvalue weighted by Gasteiger charge is -2.37. The van der Waals surface area contributed by atoms with Crippen LogP contribution in [0, 0.1) is 0 Å². The molecule has 1 aromatic rings. The molecule has 7 heteroatoms. The van der Waals surface area contributed by atoms with Crippen LogP contribution >= 0.6 is 27.5 Å². The second-order valence-electron chi connectivity index (χ2n) is 5.27. The summed E-state index contributed by atoms with van der Waals surface area (Å²) in [5.74, 6) is 0. The van der Waals surface area contributed by atoms with Crippen molar-refractivity contribution in [2.75, 3.05) is 26.2 Å². The molecule has 1 aromatic carbocycles. The summed E-state index contributed by atoms with van der Waals surface area (Å²) in [4.78, 5) is 2.51. The van der Waals surface area contributed by atoms with E-state index < -0.39 is 10.0 Å². The van der Waals surface area contributed by atoms with Crippen LogP contribution in [0.1, 0.15) is 20.3 Å². The third kappa shape index (κ3) is 3.79. The first-order valence-corrected chi connectivity index (χ1v) is 9.66. The first-order valence-electron chi connectivity index (χ1n) is 7.05. The van der Waals surface area contributed by atoms with E-state index in [1.807, 2.05) is 0 Å². The Kier molecular flexibility index (Phi) is 5.71. The summed E-state index contributed by atoms with van der Waals surface area (Å²) < 4.78 is 27.6. The fourth-order valence-electron chi connectivity index (χ4n) is 2.47.